The Kier molecular flexibility index (Phi) is 7.50. The zero-order valence-electron chi connectivity index (χ0n) is 15.6. The number of anilines is 1. The Morgan fingerprint density at radius 2 is 1.93 bits per heavy atom. The van der Waals surface area contributed by atoms with Crippen LogP contribution in [0.1, 0.15) is 62.3 Å². The lowest BCUT2D eigenvalue weighted by atomic mass is 9.91. The second-order valence-electron chi connectivity index (χ2n) is 7.73. The van der Waals surface area contributed by atoms with E-state index >= 15 is 0 Å². The molecule has 0 amide bonds. The van der Waals surface area contributed by atoms with E-state index in [9.17, 15) is 4.79 Å². The van der Waals surface area contributed by atoms with Gasteiger partial charge in [-0.2, -0.15) is 0 Å². The molecule has 152 valence electrons. The zero-order valence-corrected chi connectivity index (χ0v) is 16.3. The van der Waals surface area contributed by atoms with Crippen molar-refractivity contribution in [3.05, 3.63) is 64.2 Å². The van der Waals surface area contributed by atoms with Crippen LogP contribution in [0.2, 0.25) is 5.02 Å². The van der Waals surface area contributed by atoms with Crippen LogP contribution in [0, 0.1) is 11.8 Å². The van der Waals surface area contributed by atoms with Crippen LogP contribution in [-0.2, 0) is 11.2 Å². The van der Waals surface area contributed by atoms with Gasteiger partial charge in [0.1, 0.15) is 0 Å². The maximum atomic E-state index is 10.8. The number of hydrogen-bond acceptors (Lipinski definition) is 3. The minimum absolute atomic E-state index is 0. The lowest BCUT2D eigenvalue weighted by molar-refractivity contribution is -0.137. The molecule has 5 N–H and O–H groups in total. The topological polar surface area (TPSA) is 89.3 Å². The number of nitrogen functional groups attached to an aromatic ring is 1. The summed E-state index contributed by atoms with van der Waals surface area (Å²) in [6.07, 6.45) is 3.55. The maximum absolute atomic E-state index is 10.8. The molecule has 0 saturated heterocycles. The van der Waals surface area contributed by atoms with Gasteiger partial charge in [0.05, 0.1) is 17.1 Å². The van der Waals surface area contributed by atoms with Gasteiger partial charge in [-0.05, 0) is 65.8 Å². The monoisotopic (exact) mass is 402 g/mol. The van der Waals surface area contributed by atoms with E-state index in [0.717, 1.165) is 24.8 Å². The molecule has 0 spiro atoms. The van der Waals surface area contributed by atoms with Crippen molar-refractivity contribution in [2.45, 2.75) is 52.0 Å². The number of carboxylic acids is 1. The van der Waals surface area contributed by atoms with Crippen molar-refractivity contribution >= 4 is 23.3 Å². The van der Waals surface area contributed by atoms with E-state index in [2.05, 4.69) is 31.2 Å². The SMILES string of the molecule is C.C[C@@H]1Cc2ccccc2[C@@H]1N.Nc1cc([C@@H](CC(=O)O)C2CC2)ccc1Cl. The van der Waals surface area contributed by atoms with Crippen LogP contribution in [0.25, 0.3) is 0 Å². The molecule has 0 bridgehead atoms. The van der Waals surface area contributed by atoms with Gasteiger partial charge >= 0.3 is 5.97 Å². The fourth-order valence-electron chi connectivity index (χ4n) is 3.86. The number of carbonyl (C=O) groups is 1. The molecule has 0 unspecified atom stereocenters. The van der Waals surface area contributed by atoms with Crippen LogP contribution >= 0.6 is 11.6 Å². The molecule has 28 heavy (non-hydrogen) atoms. The van der Waals surface area contributed by atoms with Gasteiger partial charge in [-0.1, -0.05) is 56.3 Å². The van der Waals surface area contributed by atoms with Gasteiger partial charge in [-0.25, -0.2) is 0 Å². The Morgan fingerprint density at radius 1 is 1.25 bits per heavy atom. The minimum Gasteiger partial charge on any atom is -0.481 e. The Bertz CT molecular complexity index is 820. The number of fused-ring (bicyclic) bond motifs is 1. The summed E-state index contributed by atoms with van der Waals surface area (Å²) in [6, 6.07) is 14.2. The van der Waals surface area contributed by atoms with Crippen LogP contribution in [0.5, 0.6) is 0 Å². The first kappa shape index (κ1) is 22.3. The van der Waals surface area contributed by atoms with E-state index < -0.39 is 5.97 Å². The quantitative estimate of drug-likeness (QED) is 0.597. The van der Waals surface area contributed by atoms with E-state index in [1.165, 1.54) is 11.1 Å². The Labute approximate surface area is 172 Å². The minimum atomic E-state index is -0.759. The molecule has 0 aliphatic heterocycles. The van der Waals surface area contributed by atoms with Crippen molar-refractivity contribution in [1.82, 2.24) is 0 Å². The van der Waals surface area contributed by atoms with Crippen molar-refractivity contribution < 1.29 is 9.90 Å². The number of halogens is 1. The van der Waals surface area contributed by atoms with Gasteiger partial charge in [0.15, 0.2) is 0 Å². The van der Waals surface area contributed by atoms with Gasteiger partial charge in [0.25, 0.3) is 0 Å². The molecule has 2 aliphatic rings. The van der Waals surface area contributed by atoms with Gasteiger partial charge < -0.3 is 16.6 Å². The molecule has 1 saturated carbocycles. The summed E-state index contributed by atoms with van der Waals surface area (Å²) in [7, 11) is 0. The highest BCUT2D eigenvalue weighted by molar-refractivity contribution is 6.33. The maximum Gasteiger partial charge on any atom is 0.303 e. The van der Waals surface area contributed by atoms with E-state index in [1.807, 2.05) is 6.07 Å². The van der Waals surface area contributed by atoms with Gasteiger partial charge in [0.2, 0.25) is 0 Å². The molecular weight excluding hydrogens is 372 g/mol. The number of carboxylic acid groups (broad SMARTS) is 1. The van der Waals surface area contributed by atoms with E-state index in [4.69, 9.17) is 28.2 Å². The Morgan fingerprint density at radius 3 is 2.50 bits per heavy atom. The molecule has 2 aromatic carbocycles. The standard InChI is InChI=1S/C12H14ClNO2.C10H13N.CH4/c13-10-4-3-8(5-11(10)14)9(6-12(15)16)7-1-2-7;1-7-6-8-4-2-3-5-9(8)10(7)11;/h3-5,7,9H,1-2,6,14H2,(H,15,16);2-5,7,10H,6,11H2,1H3;1H4/t9-;7-,10-;/m01./s1. The van der Waals surface area contributed by atoms with Gasteiger partial charge in [-0.15, -0.1) is 0 Å². The summed E-state index contributed by atoms with van der Waals surface area (Å²) in [5.74, 6) is 0.437. The molecule has 0 aromatic heterocycles. The Hall–Kier alpha value is -2.04. The van der Waals surface area contributed by atoms with E-state index in [1.54, 1.807) is 12.1 Å². The van der Waals surface area contributed by atoms with E-state index in [0.29, 0.717) is 22.5 Å². The second kappa shape index (κ2) is 9.44. The first-order chi connectivity index (χ1) is 12.9. The van der Waals surface area contributed by atoms with Crippen molar-refractivity contribution in [2.75, 3.05) is 5.73 Å². The summed E-state index contributed by atoms with van der Waals surface area (Å²) in [5, 5.41) is 9.41. The van der Waals surface area contributed by atoms with Crippen LogP contribution in [0.15, 0.2) is 42.5 Å². The smallest absolute Gasteiger partial charge is 0.303 e. The lowest BCUT2D eigenvalue weighted by Gasteiger charge is -2.15. The highest BCUT2D eigenvalue weighted by Gasteiger charge is 2.33. The number of nitrogens with two attached hydrogens (primary N) is 2. The predicted molar refractivity (Wildman–Crippen MR) is 117 cm³/mol. The lowest BCUT2D eigenvalue weighted by Crippen LogP contribution is -2.13. The van der Waals surface area contributed by atoms with Crippen LogP contribution in [-0.4, -0.2) is 11.1 Å². The highest BCUT2D eigenvalue weighted by atomic mass is 35.5. The molecule has 0 radical (unpaired) electrons. The van der Waals surface area contributed by atoms with Crippen molar-refractivity contribution in [2.24, 2.45) is 17.6 Å². The largest absolute Gasteiger partial charge is 0.481 e. The summed E-state index contributed by atoms with van der Waals surface area (Å²) >= 11 is 5.84. The molecular formula is C23H31ClN2O2. The molecule has 3 atom stereocenters. The third-order valence-electron chi connectivity index (χ3n) is 5.60. The first-order valence-electron chi connectivity index (χ1n) is 9.47. The number of rotatable bonds is 4. The molecule has 2 aliphatic carbocycles. The summed E-state index contributed by atoms with van der Waals surface area (Å²) in [6.45, 7) is 2.21. The number of hydrogen-bond donors (Lipinski definition) is 3. The van der Waals surface area contributed by atoms with E-state index in [-0.39, 0.29) is 25.8 Å². The summed E-state index contributed by atoms with van der Waals surface area (Å²) in [5.41, 5.74) is 16.0. The zero-order chi connectivity index (χ0) is 19.6. The van der Waals surface area contributed by atoms with Crippen molar-refractivity contribution in [3.63, 3.8) is 0 Å². The molecule has 1 fully saturated rings. The van der Waals surface area contributed by atoms with Crippen molar-refractivity contribution in [3.8, 4) is 0 Å². The summed E-state index contributed by atoms with van der Waals surface area (Å²) < 4.78 is 0. The molecule has 4 rings (SSSR count). The normalized spacial score (nSPS) is 21.0. The van der Waals surface area contributed by atoms with Crippen LogP contribution in [0.3, 0.4) is 0 Å². The van der Waals surface area contributed by atoms with Crippen LogP contribution < -0.4 is 11.5 Å². The first-order valence-corrected chi connectivity index (χ1v) is 9.84. The van der Waals surface area contributed by atoms with Gasteiger partial charge in [0, 0.05) is 6.04 Å². The highest BCUT2D eigenvalue weighted by Crippen LogP contribution is 2.45. The third kappa shape index (κ3) is 5.27. The predicted octanol–water partition coefficient (Wildman–Crippen LogP) is 5.41. The second-order valence-corrected chi connectivity index (χ2v) is 8.14. The molecule has 2 aromatic rings. The van der Waals surface area contributed by atoms with Crippen LogP contribution in [0.4, 0.5) is 5.69 Å². The molecule has 4 nitrogen and oxygen atoms in total. The Balaban J connectivity index is 0.000000205. The number of aliphatic carboxylic acids is 1. The fraction of sp³-hybridized carbons (Fsp3) is 0.435. The summed E-state index contributed by atoms with van der Waals surface area (Å²) in [4.78, 5) is 10.8. The molecule has 0 heterocycles. The third-order valence-corrected chi connectivity index (χ3v) is 5.95. The number of benzene rings is 2. The average Bonchev–Trinajstić information content (AvgIpc) is 3.43. The molecule has 5 heteroatoms. The fourth-order valence-corrected chi connectivity index (χ4v) is 3.98. The van der Waals surface area contributed by atoms with Crippen molar-refractivity contribution in [1.29, 1.82) is 0 Å². The average molecular weight is 403 g/mol. The van der Waals surface area contributed by atoms with Gasteiger partial charge in [-0.3, -0.25) is 4.79 Å².